The number of carbonyl (C=O) groups is 1. The third-order valence-electron chi connectivity index (χ3n) is 7.34. The van der Waals surface area contributed by atoms with Crippen LogP contribution in [0.2, 0.25) is 0 Å². The summed E-state index contributed by atoms with van der Waals surface area (Å²) in [5.74, 6) is -0.129. The molecule has 2 aromatic rings. The van der Waals surface area contributed by atoms with Crippen molar-refractivity contribution in [3.05, 3.63) is 41.2 Å². The molecule has 0 N–H and O–H groups in total. The molecule has 5 rings (SSSR count). The SMILES string of the molecule is Cc1nn(-c2cccc(OC(F)(F)F)c2)c(C2CC2)c1C(=O)N1CC[C@@H](N2CCCC2)C[C@H]1C. The van der Waals surface area contributed by atoms with Gasteiger partial charge in [-0.15, -0.1) is 13.2 Å². The Morgan fingerprint density at radius 1 is 1.12 bits per heavy atom. The highest BCUT2D eigenvalue weighted by Crippen LogP contribution is 2.44. The number of nitrogens with zero attached hydrogens (tertiary/aromatic N) is 4. The van der Waals surface area contributed by atoms with Crippen LogP contribution < -0.4 is 4.74 Å². The van der Waals surface area contributed by atoms with E-state index in [4.69, 9.17) is 0 Å². The lowest BCUT2D eigenvalue weighted by Gasteiger charge is -2.41. The minimum atomic E-state index is -4.77. The molecule has 1 aromatic carbocycles. The second kappa shape index (κ2) is 8.91. The highest BCUT2D eigenvalue weighted by atomic mass is 19.4. The number of carbonyl (C=O) groups excluding carboxylic acids is 1. The number of benzene rings is 1. The van der Waals surface area contributed by atoms with Gasteiger partial charge in [0.2, 0.25) is 0 Å². The van der Waals surface area contributed by atoms with Gasteiger partial charge in [0.25, 0.3) is 5.91 Å². The van der Waals surface area contributed by atoms with Gasteiger partial charge in [-0.3, -0.25) is 4.79 Å². The van der Waals surface area contributed by atoms with Crippen molar-refractivity contribution in [2.24, 2.45) is 0 Å². The van der Waals surface area contributed by atoms with Gasteiger partial charge in [0.1, 0.15) is 5.75 Å². The van der Waals surface area contributed by atoms with Crippen LogP contribution in [0, 0.1) is 6.92 Å². The van der Waals surface area contributed by atoms with Crippen LogP contribution in [-0.2, 0) is 0 Å². The molecule has 1 aromatic heterocycles. The van der Waals surface area contributed by atoms with Crippen LogP contribution in [0.15, 0.2) is 24.3 Å². The van der Waals surface area contributed by atoms with Crippen molar-refractivity contribution < 1.29 is 22.7 Å². The van der Waals surface area contributed by atoms with Crippen molar-refractivity contribution in [1.29, 1.82) is 0 Å². The van der Waals surface area contributed by atoms with Gasteiger partial charge in [0, 0.05) is 30.6 Å². The summed E-state index contributed by atoms with van der Waals surface area (Å²) in [4.78, 5) is 18.3. The molecule has 0 bridgehead atoms. The summed E-state index contributed by atoms with van der Waals surface area (Å²) in [7, 11) is 0. The fourth-order valence-electron chi connectivity index (χ4n) is 5.58. The quantitative estimate of drug-likeness (QED) is 0.606. The van der Waals surface area contributed by atoms with Gasteiger partial charge in [-0.25, -0.2) is 4.68 Å². The molecule has 3 heterocycles. The van der Waals surface area contributed by atoms with E-state index in [0.717, 1.165) is 44.5 Å². The molecule has 2 aliphatic heterocycles. The van der Waals surface area contributed by atoms with E-state index in [1.807, 2.05) is 11.8 Å². The van der Waals surface area contributed by atoms with Crippen molar-refractivity contribution >= 4 is 5.91 Å². The molecule has 34 heavy (non-hydrogen) atoms. The summed E-state index contributed by atoms with van der Waals surface area (Å²) < 4.78 is 44.0. The Morgan fingerprint density at radius 2 is 1.85 bits per heavy atom. The number of alkyl halides is 3. The van der Waals surface area contributed by atoms with Gasteiger partial charge in [0.15, 0.2) is 0 Å². The first-order valence-corrected chi connectivity index (χ1v) is 12.2. The molecule has 0 unspecified atom stereocenters. The van der Waals surface area contributed by atoms with Crippen molar-refractivity contribution in [2.45, 2.75) is 76.7 Å². The zero-order valence-electron chi connectivity index (χ0n) is 19.6. The Labute approximate surface area is 197 Å². The van der Waals surface area contributed by atoms with Gasteiger partial charge in [-0.1, -0.05) is 6.07 Å². The monoisotopic (exact) mass is 476 g/mol. The van der Waals surface area contributed by atoms with Gasteiger partial charge < -0.3 is 14.5 Å². The number of piperidine rings is 1. The second-order valence-corrected chi connectivity index (χ2v) is 9.85. The molecule has 184 valence electrons. The van der Waals surface area contributed by atoms with E-state index in [1.165, 1.54) is 31.0 Å². The lowest BCUT2D eigenvalue weighted by Crippen LogP contribution is -2.50. The average molecular weight is 477 g/mol. The zero-order chi connectivity index (χ0) is 24.0. The number of rotatable bonds is 5. The normalized spacial score (nSPS) is 24.0. The fraction of sp³-hybridized carbons (Fsp3) is 0.600. The lowest BCUT2D eigenvalue weighted by molar-refractivity contribution is -0.274. The number of halogens is 3. The van der Waals surface area contributed by atoms with Gasteiger partial charge in [0.05, 0.1) is 22.6 Å². The topological polar surface area (TPSA) is 50.6 Å². The maximum Gasteiger partial charge on any atom is 0.573 e. The number of hydrogen-bond donors (Lipinski definition) is 0. The summed E-state index contributed by atoms with van der Waals surface area (Å²) in [5, 5.41) is 4.62. The lowest BCUT2D eigenvalue weighted by atomic mass is 9.95. The molecule has 2 saturated heterocycles. The summed E-state index contributed by atoms with van der Waals surface area (Å²) in [6.45, 7) is 6.95. The Kier molecular flexibility index (Phi) is 6.08. The predicted octanol–water partition coefficient (Wildman–Crippen LogP) is 5.05. The molecule has 6 nitrogen and oxygen atoms in total. The summed E-state index contributed by atoms with van der Waals surface area (Å²) >= 11 is 0. The van der Waals surface area contributed by atoms with Crippen molar-refractivity contribution in [3.63, 3.8) is 0 Å². The molecule has 3 aliphatic rings. The van der Waals surface area contributed by atoms with Crippen LogP contribution >= 0.6 is 0 Å². The molecular weight excluding hydrogens is 445 g/mol. The third kappa shape index (κ3) is 4.67. The van der Waals surface area contributed by atoms with E-state index in [1.54, 1.807) is 10.7 Å². The van der Waals surface area contributed by atoms with Gasteiger partial charge in [-0.05, 0) is 77.6 Å². The molecule has 9 heteroatoms. The first kappa shape index (κ1) is 23.2. The third-order valence-corrected chi connectivity index (χ3v) is 7.34. The highest BCUT2D eigenvalue weighted by molar-refractivity contribution is 5.97. The molecule has 0 radical (unpaired) electrons. The number of aromatic nitrogens is 2. The van der Waals surface area contributed by atoms with E-state index in [-0.39, 0.29) is 23.6 Å². The minimum absolute atomic E-state index is 0.0132. The number of ether oxygens (including phenoxy) is 1. The van der Waals surface area contributed by atoms with Crippen LogP contribution in [0.4, 0.5) is 13.2 Å². The van der Waals surface area contributed by atoms with E-state index in [9.17, 15) is 18.0 Å². The zero-order valence-corrected chi connectivity index (χ0v) is 19.6. The second-order valence-electron chi connectivity index (χ2n) is 9.85. The maximum absolute atomic E-state index is 13.8. The first-order valence-electron chi connectivity index (χ1n) is 12.2. The Morgan fingerprint density at radius 3 is 2.50 bits per heavy atom. The number of likely N-dealkylation sites (tertiary alicyclic amines) is 2. The van der Waals surface area contributed by atoms with Gasteiger partial charge >= 0.3 is 6.36 Å². The molecule has 1 amide bonds. The first-order chi connectivity index (χ1) is 16.2. The predicted molar refractivity (Wildman–Crippen MR) is 121 cm³/mol. The summed E-state index contributed by atoms with van der Waals surface area (Å²) in [6.07, 6.45) is 1.56. The summed E-state index contributed by atoms with van der Waals surface area (Å²) in [5.41, 5.74) is 2.49. The summed E-state index contributed by atoms with van der Waals surface area (Å²) in [6, 6.07) is 6.46. The Hall–Kier alpha value is -2.55. The van der Waals surface area contributed by atoms with Crippen LogP contribution in [0.3, 0.4) is 0 Å². The number of amides is 1. The molecule has 3 fully saturated rings. The number of hydrogen-bond acceptors (Lipinski definition) is 4. The standard InChI is InChI=1S/C25H31F3N4O2/c1-16-14-19(30-11-3-4-12-30)10-13-31(16)24(33)22-17(2)29-32(23(22)18-8-9-18)20-6-5-7-21(15-20)34-25(26,27)28/h5-7,15-16,18-19H,3-4,8-14H2,1-2H3/t16-,19-/m1/s1. The van der Waals surface area contributed by atoms with E-state index in [0.29, 0.717) is 29.5 Å². The number of aryl methyl sites for hydroxylation is 1. The van der Waals surface area contributed by atoms with E-state index < -0.39 is 6.36 Å². The fourth-order valence-corrected chi connectivity index (χ4v) is 5.58. The molecular formula is C25H31F3N4O2. The average Bonchev–Trinajstić information content (AvgIpc) is 3.34. The smallest absolute Gasteiger partial charge is 0.406 e. The molecule has 1 aliphatic carbocycles. The van der Waals surface area contributed by atoms with Crippen molar-refractivity contribution in [3.8, 4) is 11.4 Å². The van der Waals surface area contributed by atoms with Crippen LogP contribution in [0.25, 0.3) is 5.69 Å². The molecule has 0 spiro atoms. The Balaban J connectivity index is 1.42. The molecule has 2 atom stereocenters. The molecule has 1 saturated carbocycles. The van der Waals surface area contributed by atoms with Crippen molar-refractivity contribution in [1.82, 2.24) is 19.6 Å². The van der Waals surface area contributed by atoms with Gasteiger partial charge in [-0.2, -0.15) is 5.10 Å². The maximum atomic E-state index is 13.8. The van der Waals surface area contributed by atoms with Crippen molar-refractivity contribution in [2.75, 3.05) is 19.6 Å². The Bertz CT molecular complexity index is 1060. The van der Waals surface area contributed by atoms with E-state index in [2.05, 4.69) is 21.7 Å². The highest BCUT2D eigenvalue weighted by Gasteiger charge is 2.39. The van der Waals surface area contributed by atoms with Crippen LogP contribution in [0.1, 0.15) is 73.1 Å². The van der Waals surface area contributed by atoms with Crippen LogP contribution in [-0.4, -0.2) is 63.6 Å². The minimum Gasteiger partial charge on any atom is -0.406 e. The van der Waals surface area contributed by atoms with E-state index >= 15 is 0 Å². The largest absolute Gasteiger partial charge is 0.573 e. The van der Waals surface area contributed by atoms with Crippen LogP contribution in [0.5, 0.6) is 5.75 Å².